The fourth-order valence-corrected chi connectivity index (χ4v) is 3.22. The molecule has 0 saturated carbocycles. The summed E-state index contributed by atoms with van der Waals surface area (Å²) in [6.45, 7) is 0. The summed E-state index contributed by atoms with van der Waals surface area (Å²) >= 11 is 1.73. The van der Waals surface area contributed by atoms with E-state index in [4.69, 9.17) is 4.74 Å². The Labute approximate surface area is 116 Å². The smallest absolute Gasteiger partial charge is 0.337 e. The Morgan fingerprint density at radius 2 is 2.21 bits per heavy atom. The van der Waals surface area contributed by atoms with Crippen LogP contribution in [0.1, 0.15) is 32.8 Å². The number of fused-ring (bicyclic) bond motifs is 1. The number of esters is 1. The number of thiophene rings is 1. The molecule has 0 fully saturated rings. The molecule has 0 spiro atoms. The van der Waals surface area contributed by atoms with Crippen molar-refractivity contribution in [2.45, 2.75) is 12.8 Å². The van der Waals surface area contributed by atoms with Crippen molar-refractivity contribution >= 4 is 22.9 Å². The molecule has 0 bridgehead atoms. The summed E-state index contributed by atoms with van der Waals surface area (Å²) in [6.07, 6.45) is 4.35. The molecule has 2 aromatic rings. The van der Waals surface area contributed by atoms with E-state index < -0.39 is 0 Å². The number of hydrogen-bond donors (Lipinski definition) is 0. The molecule has 0 aliphatic heterocycles. The fourth-order valence-electron chi connectivity index (χ4n) is 2.44. The van der Waals surface area contributed by atoms with Crippen molar-refractivity contribution < 1.29 is 9.53 Å². The maximum absolute atomic E-state index is 11.7. The van der Waals surface area contributed by atoms with Crippen LogP contribution in [0.2, 0.25) is 0 Å². The highest BCUT2D eigenvalue weighted by molar-refractivity contribution is 7.11. The number of rotatable bonds is 2. The van der Waals surface area contributed by atoms with Gasteiger partial charge in [0.15, 0.2) is 0 Å². The zero-order valence-corrected chi connectivity index (χ0v) is 11.5. The van der Waals surface area contributed by atoms with E-state index in [1.54, 1.807) is 11.3 Å². The first-order valence-corrected chi connectivity index (χ1v) is 7.13. The highest BCUT2D eigenvalue weighted by Crippen LogP contribution is 2.34. The van der Waals surface area contributed by atoms with Gasteiger partial charge in [-0.3, -0.25) is 0 Å². The normalized spacial score (nSPS) is 13.6. The zero-order valence-electron chi connectivity index (χ0n) is 10.7. The molecule has 0 radical (unpaired) electrons. The van der Waals surface area contributed by atoms with Gasteiger partial charge in [-0.05, 0) is 53.1 Å². The maximum Gasteiger partial charge on any atom is 0.337 e. The Morgan fingerprint density at radius 1 is 1.32 bits per heavy atom. The molecule has 1 aromatic carbocycles. The van der Waals surface area contributed by atoms with Crippen LogP contribution in [0, 0.1) is 0 Å². The SMILES string of the molecule is COC(=O)c1ccc2c(c1)C(c1cccs1)=CCC2. The maximum atomic E-state index is 11.7. The number of aryl methyl sites for hydroxylation is 1. The van der Waals surface area contributed by atoms with Crippen molar-refractivity contribution in [2.75, 3.05) is 7.11 Å². The topological polar surface area (TPSA) is 26.3 Å². The molecule has 3 heteroatoms. The van der Waals surface area contributed by atoms with Crippen molar-refractivity contribution in [3.8, 4) is 0 Å². The third-order valence-electron chi connectivity index (χ3n) is 3.37. The van der Waals surface area contributed by atoms with E-state index in [0.29, 0.717) is 5.56 Å². The number of allylic oxidation sites excluding steroid dienone is 1. The predicted octanol–water partition coefficient (Wildman–Crippen LogP) is 3.91. The molecule has 0 unspecified atom stereocenters. The number of ether oxygens (including phenoxy) is 1. The molecule has 2 nitrogen and oxygen atoms in total. The second-order valence-corrected chi connectivity index (χ2v) is 5.44. The van der Waals surface area contributed by atoms with Gasteiger partial charge in [0.2, 0.25) is 0 Å². The second kappa shape index (κ2) is 5.02. The lowest BCUT2D eigenvalue weighted by Crippen LogP contribution is -2.06. The van der Waals surface area contributed by atoms with Crippen molar-refractivity contribution in [2.24, 2.45) is 0 Å². The van der Waals surface area contributed by atoms with Crippen molar-refractivity contribution in [1.29, 1.82) is 0 Å². The molecule has 19 heavy (non-hydrogen) atoms. The van der Waals surface area contributed by atoms with Crippen molar-refractivity contribution in [3.05, 3.63) is 63.4 Å². The van der Waals surface area contributed by atoms with Crippen LogP contribution < -0.4 is 0 Å². The first-order chi connectivity index (χ1) is 9.29. The lowest BCUT2D eigenvalue weighted by atomic mass is 9.88. The minimum absolute atomic E-state index is 0.279. The van der Waals surface area contributed by atoms with Crippen LogP contribution in [0.3, 0.4) is 0 Å². The molecule has 1 aliphatic rings. The van der Waals surface area contributed by atoms with Gasteiger partial charge in [0.1, 0.15) is 0 Å². The fraction of sp³-hybridized carbons (Fsp3) is 0.188. The Morgan fingerprint density at radius 3 is 2.95 bits per heavy atom. The molecule has 0 N–H and O–H groups in total. The standard InChI is InChI=1S/C16H14O2S/c1-18-16(17)12-8-7-11-4-2-5-13(14(11)10-12)15-6-3-9-19-15/h3,5-10H,2,4H2,1H3. The Bertz CT molecular complexity index is 639. The van der Waals surface area contributed by atoms with Crippen LogP contribution in [0.25, 0.3) is 5.57 Å². The monoisotopic (exact) mass is 270 g/mol. The summed E-state index contributed by atoms with van der Waals surface area (Å²) in [6, 6.07) is 10.0. The van der Waals surface area contributed by atoms with Gasteiger partial charge in [0.05, 0.1) is 12.7 Å². The lowest BCUT2D eigenvalue weighted by Gasteiger charge is -2.17. The van der Waals surface area contributed by atoms with E-state index in [9.17, 15) is 4.79 Å². The second-order valence-electron chi connectivity index (χ2n) is 4.50. The van der Waals surface area contributed by atoms with E-state index >= 15 is 0 Å². The van der Waals surface area contributed by atoms with E-state index in [1.807, 2.05) is 18.2 Å². The molecule has 96 valence electrons. The number of carbonyl (C=O) groups excluding carboxylic acids is 1. The van der Waals surface area contributed by atoms with Gasteiger partial charge in [-0.2, -0.15) is 0 Å². The third kappa shape index (κ3) is 2.22. The number of hydrogen-bond acceptors (Lipinski definition) is 3. The first-order valence-electron chi connectivity index (χ1n) is 6.25. The van der Waals surface area contributed by atoms with Crippen LogP contribution in [0.4, 0.5) is 0 Å². The number of benzene rings is 1. The van der Waals surface area contributed by atoms with Crippen LogP contribution in [-0.4, -0.2) is 13.1 Å². The van der Waals surface area contributed by atoms with Gasteiger partial charge in [0.25, 0.3) is 0 Å². The van der Waals surface area contributed by atoms with Gasteiger partial charge < -0.3 is 4.74 Å². The van der Waals surface area contributed by atoms with Gasteiger partial charge in [0, 0.05) is 4.88 Å². The van der Waals surface area contributed by atoms with E-state index in [2.05, 4.69) is 23.6 Å². The minimum Gasteiger partial charge on any atom is -0.465 e. The average Bonchev–Trinajstić information content (AvgIpc) is 2.99. The summed E-state index contributed by atoms with van der Waals surface area (Å²) < 4.78 is 4.80. The van der Waals surface area contributed by atoms with Gasteiger partial charge in [-0.25, -0.2) is 4.79 Å². The minimum atomic E-state index is -0.279. The zero-order chi connectivity index (χ0) is 13.2. The summed E-state index contributed by atoms with van der Waals surface area (Å²) in [5, 5.41) is 2.08. The molecular formula is C16H14O2S. The van der Waals surface area contributed by atoms with Crippen LogP contribution in [0.15, 0.2) is 41.8 Å². The van der Waals surface area contributed by atoms with Crippen molar-refractivity contribution in [1.82, 2.24) is 0 Å². The van der Waals surface area contributed by atoms with Crippen molar-refractivity contribution in [3.63, 3.8) is 0 Å². The summed E-state index contributed by atoms with van der Waals surface area (Å²) in [5.41, 5.74) is 4.32. The summed E-state index contributed by atoms with van der Waals surface area (Å²) in [7, 11) is 1.41. The van der Waals surface area contributed by atoms with Gasteiger partial charge >= 0.3 is 5.97 Å². The molecule has 1 heterocycles. The Hall–Kier alpha value is -1.87. The number of carbonyl (C=O) groups is 1. The largest absolute Gasteiger partial charge is 0.465 e. The summed E-state index contributed by atoms with van der Waals surface area (Å²) in [5.74, 6) is -0.279. The highest BCUT2D eigenvalue weighted by atomic mass is 32.1. The predicted molar refractivity (Wildman–Crippen MR) is 77.5 cm³/mol. The highest BCUT2D eigenvalue weighted by Gasteiger charge is 2.17. The van der Waals surface area contributed by atoms with Gasteiger partial charge in [-0.15, -0.1) is 11.3 Å². The molecule has 0 atom stereocenters. The average molecular weight is 270 g/mol. The van der Waals surface area contributed by atoms with Crippen LogP contribution >= 0.6 is 11.3 Å². The molecule has 1 aromatic heterocycles. The molecule has 3 rings (SSSR count). The first kappa shape index (κ1) is 12.2. The molecule has 0 saturated heterocycles. The van der Waals surface area contributed by atoms with E-state index in [0.717, 1.165) is 18.4 Å². The Balaban J connectivity index is 2.09. The van der Waals surface area contributed by atoms with E-state index in [1.165, 1.54) is 23.1 Å². The van der Waals surface area contributed by atoms with Crippen LogP contribution in [0.5, 0.6) is 0 Å². The lowest BCUT2D eigenvalue weighted by molar-refractivity contribution is 0.0600. The number of methoxy groups -OCH3 is 1. The molecule has 0 amide bonds. The molecular weight excluding hydrogens is 256 g/mol. The summed E-state index contributed by atoms with van der Waals surface area (Å²) in [4.78, 5) is 12.9. The van der Waals surface area contributed by atoms with Gasteiger partial charge in [-0.1, -0.05) is 18.2 Å². The molecule has 1 aliphatic carbocycles. The van der Waals surface area contributed by atoms with Crippen LogP contribution in [-0.2, 0) is 11.2 Å². The quantitative estimate of drug-likeness (QED) is 0.773. The van der Waals surface area contributed by atoms with E-state index in [-0.39, 0.29) is 5.97 Å². The Kier molecular flexibility index (Phi) is 3.22. The third-order valence-corrected chi connectivity index (χ3v) is 4.27.